The lowest BCUT2D eigenvalue weighted by atomic mass is 10.1. The molecule has 0 radical (unpaired) electrons. The Kier molecular flexibility index (Phi) is 6.07. The number of carbonyl (C=O) groups is 1. The summed E-state index contributed by atoms with van der Waals surface area (Å²) in [5.41, 5.74) is 1.80. The maximum absolute atomic E-state index is 12.2. The number of nitrogens with zero attached hydrogens (tertiary/aromatic N) is 1. The fourth-order valence-electron chi connectivity index (χ4n) is 2.88. The molecule has 1 aromatic rings. The molecule has 0 saturated carbocycles. The first kappa shape index (κ1) is 16.6. The van der Waals surface area contributed by atoms with Crippen molar-refractivity contribution >= 4 is 11.7 Å². The zero-order valence-corrected chi connectivity index (χ0v) is 13.8. The van der Waals surface area contributed by atoms with Gasteiger partial charge in [0, 0.05) is 19.1 Å². The third-order valence-electron chi connectivity index (χ3n) is 4.07. The maximum Gasteiger partial charge on any atom is 0.319 e. The normalized spacial score (nSPS) is 16.3. The van der Waals surface area contributed by atoms with E-state index in [-0.39, 0.29) is 12.1 Å². The van der Waals surface area contributed by atoms with E-state index in [2.05, 4.69) is 22.5 Å². The fraction of sp³-hybridized carbons (Fsp3) is 0.588. The van der Waals surface area contributed by atoms with Crippen LogP contribution in [0.25, 0.3) is 0 Å². The van der Waals surface area contributed by atoms with E-state index in [0.717, 1.165) is 38.0 Å². The molecule has 0 bridgehead atoms. The number of hydrogen-bond donors (Lipinski definition) is 2. The summed E-state index contributed by atoms with van der Waals surface area (Å²) in [5.74, 6) is 0.679. The van der Waals surface area contributed by atoms with Gasteiger partial charge < -0.3 is 20.3 Å². The largest absolute Gasteiger partial charge is 0.495 e. The van der Waals surface area contributed by atoms with Gasteiger partial charge in [-0.15, -0.1) is 0 Å². The lowest BCUT2D eigenvalue weighted by Crippen LogP contribution is -2.46. The van der Waals surface area contributed by atoms with Crippen LogP contribution in [-0.2, 0) is 0 Å². The highest BCUT2D eigenvalue weighted by molar-refractivity contribution is 5.91. The first-order valence-electron chi connectivity index (χ1n) is 8.07. The van der Waals surface area contributed by atoms with Gasteiger partial charge in [-0.05, 0) is 50.4 Å². The minimum atomic E-state index is -0.155. The molecule has 1 saturated heterocycles. The second kappa shape index (κ2) is 8.03. The van der Waals surface area contributed by atoms with Crippen LogP contribution in [0.15, 0.2) is 18.2 Å². The second-order valence-corrected chi connectivity index (χ2v) is 5.92. The van der Waals surface area contributed by atoms with E-state index < -0.39 is 0 Å². The molecule has 1 aliphatic heterocycles. The van der Waals surface area contributed by atoms with Gasteiger partial charge in [0.05, 0.1) is 12.8 Å². The molecular formula is C17H27N3O2. The monoisotopic (exact) mass is 305 g/mol. The third kappa shape index (κ3) is 4.63. The second-order valence-electron chi connectivity index (χ2n) is 5.92. The zero-order valence-electron chi connectivity index (χ0n) is 13.8. The van der Waals surface area contributed by atoms with Crippen LogP contribution < -0.4 is 15.4 Å². The molecule has 1 aromatic carbocycles. The van der Waals surface area contributed by atoms with E-state index in [1.165, 1.54) is 6.42 Å². The average molecular weight is 305 g/mol. The Hall–Kier alpha value is -1.75. The Balaban J connectivity index is 1.85. The quantitative estimate of drug-likeness (QED) is 0.879. The molecule has 0 unspecified atom stereocenters. The van der Waals surface area contributed by atoms with Crippen molar-refractivity contribution in [1.82, 2.24) is 10.2 Å². The van der Waals surface area contributed by atoms with Crippen LogP contribution in [0, 0.1) is 6.92 Å². The Morgan fingerprint density at radius 2 is 2.09 bits per heavy atom. The van der Waals surface area contributed by atoms with Gasteiger partial charge in [-0.25, -0.2) is 4.79 Å². The Labute approximate surface area is 133 Å². The SMILES string of the molecule is CCCN1CCC(NC(=O)Nc2cc(C)ccc2OC)CC1. The van der Waals surface area contributed by atoms with Crippen LogP contribution in [0.5, 0.6) is 5.75 Å². The molecule has 122 valence electrons. The number of hydrogen-bond acceptors (Lipinski definition) is 3. The number of carbonyl (C=O) groups excluding carboxylic acids is 1. The number of amides is 2. The summed E-state index contributed by atoms with van der Waals surface area (Å²) in [7, 11) is 1.61. The molecule has 0 aromatic heterocycles. The number of aryl methyl sites for hydroxylation is 1. The van der Waals surface area contributed by atoms with Crippen LogP contribution in [0.1, 0.15) is 31.7 Å². The van der Waals surface area contributed by atoms with E-state index in [0.29, 0.717) is 11.4 Å². The van der Waals surface area contributed by atoms with E-state index in [1.54, 1.807) is 7.11 Å². The molecule has 0 aliphatic carbocycles. The molecule has 2 rings (SSSR count). The highest BCUT2D eigenvalue weighted by atomic mass is 16.5. The highest BCUT2D eigenvalue weighted by Gasteiger charge is 2.20. The van der Waals surface area contributed by atoms with Crippen molar-refractivity contribution in [3.05, 3.63) is 23.8 Å². The van der Waals surface area contributed by atoms with Crippen LogP contribution in [0.2, 0.25) is 0 Å². The molecule has 0 atom stereocenters. The number of anilines is 1. The number of piperidine rings is 1. The van der Waals surface area contributed by atoms with Crippen LogP contribution in [0.3, 0.4) is 0 Å². The van der Waals surface area contributed by atoms with Crippen LogP contribution in [0.4, 0.5) is 10.5 Å². The Bertz CT molecular complexity index is 497. The van der Waals surface area contributed by atoms with Gasteiger partial charge in [0.1, 0.15) is 5.75 Å². The van der Waals surface area contributed by atoms with Gasteiger partial charge in [-0.3, -0.25) is 0 Å². The number of benzene rings is 1. The summed E-state index contributed by atoms with van der Waals surface area (Å²) < 4.78 is 5.28. The van der Waals surface area contributed by atoms with Crippen molar-refractivity contribution in [1.29, 1.82) is 0 Å². The topological polar surface area (TPSA) is 53.6 Å². The van der Waals surface area contributed by atoms with E-state index in [9.17, 15) is 4.79 Å². The Morgan fingerprint density at radius 1 is 1.36 bits per heavy atom. The van der Waals surface area contributed by atoms with E-state index in [4.69, 9.17) is 4.74 Å². The smallest absolute Gasteiger partial charge is 0.319 e. The van der Waals surface area contributed by atoms with Gasteiger partial charge in [-0.1, -0.05) is 13.0 Å². The Morgan fingerprint density at radius 3 is 2.73 bits per heavy atom. The lowest BCUT2D eigenvalue weighted by Gasteiger charge is -2.32. The summed E-state index contributed by atoms with van der Waals surface area (Å²) in [6, 6.07) is 5.85. The maximum atomic E-state index is 12.2. The van der Waals surface area contributed by atoms with Crippen molar-refractivity contribution in [3.63, 3.8) is 0 Å². The molecule has 5 nitrogen and oxygen atoms in total. The fourth-order valence-corrected chi connectivity index (χ4v) is 2.88. The summed E-state index contributed by atoms with van der Waals surface area (Å²) in [4.78, 5) is 14.6. The number of rotatable bonds is 5. The van der Waals surface area contributed by atoms with Gasteiger partial charge in [0.15, 0.2) is 0 Å². The van der Waals surface area contributed by atoms with Crippen molar-refractivity contribution in [2.75, 3.05) is 32.1 Å². The van der Waals surface area contributed by atoms with Crippen molar-refractivity contribution < 1.29 is 9.53 Å². The van der Waals surface area contributed by atoms with Gasteiger partial charge in [-0.2, -0.15) is 0 Å². The number of nitrogens with one attached hydrogen (secondary N) is 2. The standard InChI is InChI=1S/C17H27N3O2/c1-4-9-20-10-7-14(8-11-20)18-17(21)19-15-12-13(2)5-6-16(15)22-3/h5-6,12,14H,4,7-11H2,1-3H3,(H2,18,19,21). The number of methoxy groups -OCH3 is 1. The summed E-state index contributed by atoms with van der Waals surface area (Å²) in [5, 5.41) is 5.97. The molecule has 2 N–H and O–H groups in total. The molecule has 22 heavy (non-hydrogen) atoms. The van der Waals surface area contributed by atoms with E-state index in [1.807, 2.05) is 25.1 Å². The van der Waals surface area contributed by atoms with Gasteiger partial charge in [0.2, 0.25) is 0 Å². The molecule has 1 aliphatic rings. The number of urea groups is 1. The number of ether oxygens (including phenoxy) is 1. The lowest BCUT2D eigenvalue weighted by molar-refractivity contribution is 0.196. The van der Waals surface area contributed by atoms with Crippen LogP contribution >= 0.6 is 0 Å². The summed E-state index contributed by atoms with van der Waals surface area (Å²) in [6.07, 6.45) is 3.21. The molecule has 2 amide bonds. The average Bonchev–Trinajstić information content (AvgIpc) is 2.50. The molecule has 0 spiro atoms. The predicted molar refractivity (Wildman–Crippen MR) is 89.6 cm³/mol. The van der Waals surface area contributed by atoms with Crippen LogP contribution in [-0.4, -0.2) is 43.7 Å². The molecular weight excluding hydrogens is 278 g/mol. The van der Waals surface area contributed by atoms with E-state index >= 15 is 0 Å². The molecule has 1 fully saturated rings. The van der Waals surface area contributed by atoms with Crippen molar-refractivity contribution in [3.8, 4) is 5.75 Å². The van der Waals surface area contributed by atoms with Crippen molar-refractivity contribution in [2.45, 2.75) is 39.2 Å². The highest BCUT2D eigenvalue weighted by Crippen LogP contribution is 2.25. The molecule has 5 heteroatoms. The predicted octanol–water partition coefficient (Wildman–Crippen LogP) is 3.00. The first-order valence-corrected chi connectivity index (χ1v) is 8.07. The minimum absolute atomic E-state index is 0.155. The number of likely N-dealkylation sites (tertiary alicyclic amines) is 1. The first-order chi connectivity index (χ1) is 10.6. The third-order valence-corrected chi connectivity index (χ3v) is 4.07. The minimum Gasteiger partial charge on any atom is -0.495 e. The summed E-state index contributed by atoms with van der Waals surface area (Å²) in [6.45, 7) is 7.47. The van der Waals surface area contributed by atoms with Gasteiger partial charge >= 0.3 is 6.03 Å². The van der Waals surface area contributed by atoms with Gasteiger partial charge in [0.25, 0.3) is 0 Å². The summed E-state index contributed by atoms with van der Waals surface area (Å²) >= 11 is 0. The van der Waals surface area contributed by atoms with Crippen molar-refractivity contribution in [2.24, 2.45) is 0 Å². The zero-order chi connectivity index (χ0) is 15.9. The molecule has 1 heterocycles.